The lowest BCUT2D eigenvalue weighted by Gasteiger charge is -2.11. The monoisotopic (exact) mass is 331 g/mol. The van der Waals surface area contributed by atoms with Crippen LogP contribution in [0.2, 0.25) is 0 Å². The first-order chi connectivity index (χ1) is 10.9. The minimum atomic E-state index is -0.200. The van der Waals surface area contributed by atoms with E-state index in [0.717, 1.165) is 5.01 Å². The summed E-state index contributed by atoms with van der Waals surface area (Å²) in [5.41, 5.74) is 7.79. The van der Waals surface area contributed by atoms with Crippen molar-refractivity contribution in [3.63, 3.8) is 0 Å². The van der Waals surface area contributed by atoms with Gasteiger partial charge in [-0.15, -0.1) is 11.3 Å². The maximum Gasteiger partial charge on any atom is 0.230 e. The number of aromatic nitrogens is 1. The van der Waals surface area contributed by atoms with Crippen molar-refractivity contribution in [1.29, 1.82) is 0 Å². The number of benzene rings is 1. The van der Waals surface area contributed by atoms with E-state index in [0.29, 0.717) is 22.9 Å². The molecule has 3 N–H and O–H groups in total. The van der Waals surface area contributed by atoms with Gasteiger partial charge in [-0.1, -0.05) is 26.0 Å². The quantitative estimate of drug-likeness (QED) is 0.796. The molecular formula is C17H21N3O2S. The summed E-state index contributed by atoms with van der Waals surface area (Å²) in [7, 11) is 0. The standard InChI is InChI=1S/C17H21N3O2S/c1-10(2)16(18)17-19-12(9-23-17)8-15(22)20-14-7-5-4-6-13(14)11(3)21/h4-7,9-10,16H,8,18H2,1-3H3,(H,20,22). The topological polar surface area (TPSA) is 85.1 Å². The van der Waals surface area contributed by atoms with Gasteiger partial charge in [0.25, 0.3) is 0 Å². The predicted octanol–water partition coefficient (Wildman–Crippen LogP) is 3.18. The fraction of sp³-hybridized carbons (Fsp3) is 0.353. The van der Waals surface area contributed by atoms with Gasteiger partial charge in [0, 0.05) is 10.9 Å². The molecule has 2 aromatic rings. The summed E-state index contributed by atoms with van der Waals surface area (Å²) in [6.45, 7) is 5.55. The number of ketones is 1. The molecule has 1 aromatic heterocycles. The van der Waals surface area contributed by atoms with Crippen LogP contribution in [0.5, 0.6) is 0 Å². The van der Waals surface area contributed by atoms with Crippen LogP contribution in [0.25, 0.3) is 0 Å². The summed E-state index contributed by atoms with van der Waals surface area (Å²) in [5.74, 6) is 0.0127. The Bertz CT molecular complexity index is 709. The summed E-state index contributed by atoms with van der Waals surface area (Å²) in [4.78, 5) is 28.2. The number of Topliss-reactive ketones (excluding diaryl/α,β-unsaturated/α-hetero) is 1. The minimum Gasteiger partial charge on any atom is -0.325 e. The first-order valence-corrected chi connectivity index (χ1v) is 8.36. The first-order valence-electron chi connectivity index (χ1n) is 7.48. The van der Waals surface area contributed by atoms with Gasteiger partial charge < -0.3 is 11.1 Å². The van der Waals surface area contributed by atoms with Gasteiger partial charge in [-0.25, -0.2) is 4.98 Å². The van der Waals surface area contributed by atoms with E-state index in [1.165, 1.54) is 18.3 Å². The number of thiazole rings is 1. The van der Waals surface area contributed by atoms with E-state index in [-0.39, 0.29) is 24.2 Å². The van der Waals surface area contributed by atoms with Gasteiger partial charge in [0.05, 0.1) is 23.8 Å². The van der Waals surface area contributed by atoms with E-state index in [1.54, 1.807) is 24.3 Å². The van der Waals surface area contributed by atoms with Crippen molar-refractivity contribution in [2.24, 2.45) is 11.7 Å². The van der Waals surface area contributed by atoms with Crippen LogP contribution in [-0.4, -0.2) is 16.7 Å². The number of nitrogens with zero attached hydrogens (tertiary/aromatic N) is 1. The summed E-state index contributed by atoms with van der Waals surface area (Å²) in [6, 6.07) is 6.85. The molecule has 122 valence electrons. The van der Waals surface area contributed by atoms with Gasteiger partial charge >= 0.3 is 0 Å². The fourth-order valence-electron chi connectivity index (χ4n) is 2.10. The number of hydrogen-bond acceptors (Lipinski definition) is 5. The number of nitrogens with one attached hydrogen (secondary N) is 1. The Morgan fingerprint density at radius 1 is 1.30 bits per heavy atom. The van der Waals surface area contributed by atoms with Crippen LogP contribution in [0.15, 0.2) is 29.6 Å². The second-order valence-electron chi connectivity index (χ2n) is 5.77. The normalized spacial score (nSPS) is 12.2. The Hall–Kier alpha value is -2.05. The molecule has 5 nitrogen and oxygen atoms in total. The van der Waals surface area contributed by atoms with E-state index < -0.39 is 0 Å². The zero-order valence-electron chi connectivity index (χ0n) is 13.5. The van der Waals surface area contributed by atoms with Crippen molar-refractivity contribution in [3.05, 3.63) is 45.9 Å². The number of carbonyl (C=O) groups is 2. The Morgan fingerprint density at radius 3 is 2.65 bits per heavy atom. The molecule has 0 saturated carbocycles. The van der Waals surface area contributed by atoms with E-state index in [4.69, 9.17) is 5.73 Å². The average molecular weight is 331 g/mol. The third kappa shape index (κ3) is 4.46. The molecule has 0 spiro atoms. The van der Waals surface area contributed by atoms with E-state index in [9.17, 15) is 9.59 Å². The maximum atomic E-state index is 12.2. The Labute approximate surface area is 139 Å². The molecule has 0 aliphatic heterocycles. The highest BCUT2D eigenvalue weighted by Crippen LogP contribution is 2.23. The number of nitrogens with two attached hydrogens (primary N) is 1. The summed E-state index contributed by atoms with van der Waals surface area (Å²) in [6.07, 6.45) is 0.160. The van der Waals surface area contributed by atoms with Gasteiger partial charge in [-0.2, -0.15) is 0 Å². The second-order valence-corrected chi connectivity index (χ2v) is 6.66. The van der Waals surface area contributed by atoms with E-state index in [1.807, 2.05) is 19.2 Å². The van der Waals surface area contributed by atoms with Gasteiger partial charge in [0.1, 0.15) is 5.01 Å². The van der Waals surface area contributed by atoms with Crippen LogP contribution in [0, 0.1) is 5.92 Å². The largest absolute Gasteiger partial charge is 0.325 e. The van der Waals surface area contributed by atoms with Crippen molar-refractivity contribution in [1.82, 2.24) is 4.98 Å². The van der Waals surface area contributed by atoms with Crippen LogP contribution in [-0.2, 0) is 11.2 Å². The van der Waals surface area contributed by atoms with Gasteiger partial charge in [0.2, 0.25) is 5.91 Å². The number of para-hydroxylation sites is 1. The zero-order chi connectivity index (χ0) is 17.0. The molecule has 1 atom stereocenters. The predicted molar refractivity (Wildman–Crippen MR) is 92.7 cm³/mol. The zero-order valence-corrected chi connectivity index (χ0v) is 14.3. The fourth-order valence-corrected chi connectivity index (χ4v) is 3.09. The molecule has 0 radical (unpaired) electrons. The Balaban J connectivity index is 2.05. The molecular weight excluding hydrogens is 310 g/mol. The molecule has 23 heavy (non-hydrogen) atoms. The summed E-state index contributed by atoms with van der Waals surface area (Å²) < 4.78 is 0. The molecule has 0 aliphatic rings. The Morgan fingerprint density at radius 2 is 2.00 bits per heavy atom. The molecule has 0 aliphatic carbocycles. The number of carbonyl (C=O) groups excluding carboxylic acids is 2. The number of amides is 1. The first kappa shape index (κ1) is 17.3. The summed E-state index contributed by atoms with van der Waals surface area (Å²) in [5, 5.41) is 5.47. The lowest BCUT2D eigenvalue weighted by atomic mass is 10.1. The highest BCUT2D eigenvalue weighted by molar-refractivity contribution is 7.09. The average Bonchev–Trinajstić information content (AvgIpc) is 2.94. The maximum absolute atomic E-state index is 12.2. The van der Waals surface area contributed by atoms with E-state index in [2.05, 4.69) is 10.3 Å². The van der Waals surface area contributed by atoms with Gasteiger partial charge in [-0.3, -0.25) is 9.59 Å². The highest BCUT2D eigenvalue weighted by atomic mass is 32.1. The van der Waals surface area contributed by atoms with Crippen molar-refractivity contribution in [2.75, 3.05) is 5.32 Å². The van der Waals surface area contributed by atoms with Crippen LogP contribution in [0.3, 0.4) is 0 Å². The highest BCUT2D eigenvalue weighted by Gasteiger charge is 2.16. The molecule has 6 heteroatoms. The minimum absolute atomic E-state index is 0.0836. The number of hydrogen-bond donors (Lipinski definition) is 2. The molecule has 0 fully saturated rings. The number of anilines is 1. The molecule has 1 unspecified atom stereocenters. The molecule has 1 aromatic carbocycles. The summed E-state index contributed by atoms with van der Waals surface area (Å²) >= 11 is 1.47. The molecule has 0 bridgehead atoms. The smallest absolute Gasteiger partial charge is 0.230 e. The third-order valence-electron chi connectivity index (χ3n) is 3.50. The van der Waals surface area contributed by atoms with Crippen LogP contribution >= 0.6 is 11.3 Å². The molecule has 1 amide bonds. The lowest BCUT2D eigenvalue weighted by Crippen LogP contribution is -2.18. The second kappa shape index (κ2) is 7.48. The van der Waals surface area contributed by atoms with E-state index >= 15 is 0 Å². The number of rotatable bonds is 6. The van der Waals surface area contributed by atoms with Crippen molar-refractivity contribution >= 4 is 28.7 Å². The third-order valence-corrected chi connectivity index (χ3v) is 4.49. The van der Waals surface area contributed by atoms with Crippen LogP contribution in [0.1, 0.15) is 47.9 Å². The lowest BCUT2D eigenvalue weighted by molar-refractivity contribution is -0.115. The SMILES string of the molecule is CC(=O)c1ccccc1NC(=O)Cc1csc(C(N)C(C)C)n1. The van der Waals surface area contributed by atoms with Crippen molar-refractivity contribution in [2.45, 2.75) is 33.2 Å². The van der Waals surface area contributed by atoms with Crippen molar-refractivity contribution < 1.29 is 9.59 Å². The van der Waals surface area contributed by atoms with Crippen molar-refractivity contribution in [3.8, 4) is 0 Å². The van der Waals surface area contributed by atoms with Gasteiger partial charge in [-0.05, 0) is 25.0 Å². The molecule has 1 heterocycles. The molecule has 0 saturated heterocycles. The van der Waals surface area contributed by atoms with Crippen LogP contribution < -0.4 is 11.1 Å². The van der Waals surface area contributed by atoms with Gasteiger partial charge in [0.15, 0.2) is 5.78 Å². The van der Waals surface area contributed by atoms with Crippen LogP contribution in [0.4, 0.5) is 5.69 Å². The molecule has 2 rings (SSSR count). The Kier molecular flexibility index (Phi) is 5.63.